The summed E-state index contributed by atoms with van der Waals surface area (Å²) in [5.74, 6) is 0. The molecular weight excluding hydrogens is 336 g/mol. The summed E-state index contributed by atoms with van der Waals surface area (Å²) in [7, 11) is 0. The largest absolute Gasteiger partial charge is 0.0617 e. The quantitative estimate of drug-likeness (QED) is 0.393. The molecule has 0 aliphatic carbocycles. The maximum atomic E-state index is 2.18. The van der Waals surface area contributed by atoms with Crippen LogP contribution < -0.4 is 0 Å². The first-order valence-electron chi connectivity index (χ1n) is 9.62. The Kier molecular flexibility index (Phi) is 6.98. The highest BCUT2D eigenvalue weighted by Gasteiger charge is 1.89. The molecule has 0 heterocycles. The van der Waals surface area contributed by atoms with Crippen molar-refractivity contribution in [2.75, 3.05) is 0 Å². The van der Waals surface area contributed by atoms with E-state index in [0.717, 1.165) is 0 Å². The Morgan fingerprint density at radius 3 is 1.14 bits per heavy atom. The van der Waals surface area contributed by atoms with Gasteiger partial charge in [-0.05, 0) is 36.1 Å². The molecule has 0 aliphatic heterocycles. The summed E-state index contributed by atoms with van der Waals surface area (Å²) in [5.41, 5.74) is 7.40. The Morgan fingerprint density at radius 1 is 0.429 bits per heavy atom. The van der Waals surface area contributed by atoms with Crippen LogP contribution in [0.4, 0.5) is 0 Å². The van der Waals surface area contributed by atoms with Gasteiger partial charge >= 0.3 is 0 Å². The summed E-state index contributed by atoms with van der Waals surface area (Å²) in [4.78, 5) is 0. The third-order valence-electron chi connectivity index (χ3n) is 4.40. The van der Waals surface area contributed by atoms with Gasteiger partial charge in [-0.25, -0.2) is 0 Å². The summed E-state index contributed by atoms with van der Waals surface area (Å²) in [5, 5.41) is 0. The van der Waals surface area contributed by atoms with Crippen molar-refractivity contribution in [2.45, 2.75) is 13.8 Å². The molecule has 0 aliphatic rings. The molecule has 3 aromatic carbocycles. The molecule has 0 saturated heterocycles. The van der Waals surface area contributed by atoms with Gasteiger partial charge in [0.15, 0.2) is 0 Å². The first-order valence-corrected chi connectivity index (χ1v) is 9.62. The van der Waals surface area contributed by atoms with Gasteiger partial charge in [-0.2, -0.15) is 0 Å². The minimum atomic E-state index is 1.20. The zero-order valence-corrected chi connectivity index (χ0v) is 16.5. The summed E-state index contributed by atoms with van der Waals surface area (Å²) < 4.78 is 0. The maximum absolute atomic E-state index is 2.18. The summed E-state index contributed by atoms with van der Waals surface area (Å²) in [6, 6.07) is 25.5. The lowest BCUT2D eigenvalue weighted by atomic mass is 10.1. The zero-order chi connectivity index (χ0) is 19.6. The molecule has 3 rings (SSSR count). The molecule has 0 aromatic heterocycles. The average Bonchev–Trinajstić information content (AvgIpc) is 2.70. The fourth-order valence-corrected chi connectivity index (χ4v) is 2.93. The highest BCUT2D eigenvalue weighted by Crippen LogP contribution is 2.10. The highest BCUT2D eigenvalue weighted by atomic mass is 13.9. The molecule has 0 atom stereocenters. The Balaban J connectivity index is 1.54. The van der Waals surface area contributed by atoms with E-state index in [1.807, 2.05) is 0 Å². The van der Waals surface area contributed by atoms with E-state index in [-0.39, 0.29) is 0 Å². The van der Waals surface area contributed by atoms with E-state index >= 15 is 0 Å². The van der Waals surface area contributed by atoms with Crippen LogP contribution in [0, 0.1) is 13.8 Å². The molecule has 138 valence electrons. The minimum absolute atomic E-state index is 1.20. The Bertz CT molecular complexity index is 927. The van der Waals surface area contributed by atoms with Crippen LogP contribution in [0.5, 0.6) is 0 Å². The van der Waals surface area contributed by atoms with Crippen molar-refractivity contribution >= 4 is 24.3 Å². The second-order valence-electron chi connectivity index (χ2n) is 6.93. The second kappa shape index (κ2) is 10.1. The summed E-state index contributed by atoms with van der Waals surface area (Å²) in [6.45, 7) is 4.23. The average molecular weight is 363 g/mol. The molecule has 28 heavy (non-hydrogen) atoms. The van der Waals surface area contributed by atoms with Crippen molar-refractivity contribution < 1.29 is 0 Å². The van der Waals surface area contributed by atoms with E-state index in [1.54, 1.807) is 0 Å². The van der Waals surface area contributed by atoms with Crippen LogP contribution in [0.1, 0.15) is 33.4 Å². The number of hydrogen-bond donors (Lipinski definition) is 0. The number of benzene rings is 3. The van der Waals surface area contributed by atoms with Crippen molar-refractivity contribution in [3.05, 3.63) is 130 Å². The molecule has 0 fully saturated rings. The lowest BCUT2D eigenvalue weighted by Crippen LogP contribution is -1.75. The predicted molar refractivity (Wildman–Crippen MR) is 125 cm³/mol. The minimum Gasteiger partial charge on any atom is -0.0617 e. The van der Waals surface area contributed by atoms with Crippen LogP contribution in [0.15, 0.2) is 97.1 Å². The van der Waals surface area contributed by atoms with Crippen LogP contribution in [0.25, 0.3) is 24.3 Å². The fraction of sp³-hybridized carbons (Fsp3) is 0.0714. The fourth-order valence-electron chi connectivity index (χ4n) is 2.93. The van der Waals surface area contributed by atoms with E-state index in [2.05, 4.69) is 135 Å². The molecule has 0 nitrogen and oxygen atoms in total. The van der Waals surface area contributed by atoms with E-state index in [9.17, 15) is 0 Å². The lowest BCUT2D eigenvalue weighted by Gasteiger charge is -1.96. The number of allylic oxidation sites excluding steroid dienone is 4. The highest BCUT2D eigenvalue weighted by molar-refractivity contribution is 5.61. The third kappa shape index (κ3) is 6.41. The molecule has 0 heteroatoms. The SMILES string of the molecule is Cc1cccc(/C=C/C=C/c2ccc(/C=C/C=C/c3cccc(C)c3)cc2)c1. The first-order chi connectivity index (χ1) is 13.7. The van der Waals surface area contributed by atoms with Crippen LogP contribution in [0.2, 0.25) is 0 Å². The standard InChI is InChI=1S/C28H26/c1-23-9-7-15-27(21-23)13-5-3-11-25-17-19-26(20-18-25)12-4-6-14-28-16-8-10-24(2)22-28/h3-22H,1-2H3/b11-3+,12-4+,13-5+,14-6+. The van der Waals surface area contributed by atoms with E-state index < -0.39 is 0 Å². The zero-order valence-electron chi connectivity index (χ0n) is 16.5. The van der Waals surface area contributed by atoms with E-state index in [4.69, 9.17) is 0 Å². The topological polar surface area (TPSA) is 0 Å². The van der Waals surface area contributed by atoms with Gasteiger partial charge in [0.2, 0.25) is 0 Å². The van der Waals surface area contributed by atoms with Gasteiger partial charge < -0.3 is 0 Å². The number of hydrogen-bond acceptors (Lipinski definition) is 0. The van der Waals surface area contributed by atoms with Gasteiger partial charge in [-0.1, -0.05) is 133 Å². The van der Waals surface area contributed by atoms with Crippen molar-refractivity contribution in [3.8, 4) is 0 Å². The molecular formula is C28H26. The molecule has 0 spiro atoms. The number of aryl methyl sites for hydroxylation is 2. The van der Waals surface area contributed by atoms with Crippen LogP contribution in [0.3, 0.4) is 0 Å². The van der Waals surface area contributed by atoms with Gasteiger partial charge in [-0.15, -0.1) is 0 Å². The molecule has 0 bridgehead atoms. The molecule has 0 saturated carbocycles. The van der Waals surface area contributed by atoms with Crippen LogP contribution in [-0.2, 0) is 0 Å². The Labute approximate surface area is 168 Å². The Morgan fingerprint density at radius 2 is 0.786 bits per heavy atom. The van der Waals surface area contributed by atoms with Crippen LogP contribution >= 0.6 is 0 Å². The normalized spacial score (nSPS) is 12.1. The molecule has 0 amide bonds. The smallest absolute Gasteiger partial charge is 0.0254 e. The molecule has 3 aromatic rings. The van der Waals surface area contributed by atoms with E-state index in [0.29, 0.717) is 0 Å². The number of rotatable bonds is 6. The maximum Gasteiger partial charge on any atom is -0.0254 e. The van der Waals surface area contributed by atoms with E-state index in [1.165, 1.54) is 33.4 Å². The Hall–Kier alpha value is -3.38. The second-order valence-corrected chi connectivity index (χ2v) is 6.93. The van der Waals surface area contributed by atoms with Crippen molar-refractivity contribution in [1.82, 2.24) is 0 Å². The van der Waals surface area contributed by atoms with Gasteiger partial charge in [0.05, 0.1) is 0 Å². The van der Waals surface area contributed by atoms with Gasteiger partial charge in [0.1, 0.15) is 0 Å². The van der Waals surface area contributed by atoms with Crippen molar-refractivity contribution in [3.63, 3.8) is 0 Å². The summed E-state index contributed by atoms with van der Waals surface area (Å²) >= 11 is 0. The predicted octanol–water partition coefficient (Wildman–Crippen LogP) is 7.76. The van der Waals surface area contributed by atoms with Crippen molar-refractivity contribution in [2.24, 2.45) is 0 Å². The summed E-state index contributed by atoms with van der Waals surface area (Å²) in [6.07, 6.45) is 16.8. The monoisotopic (exact) mass is 362 g/mol. The van der Waals surface area contributed by atoms with Crippen LogP contribution in [-0.4, -0.2) is 0 Å². The van der Waals surface area contributed by atoms with Crippen molar-refractivity contribution in [1.29, 1.82) is 0 Å². The van der Waals surface area contributed by atoms with Gasteiger partial charge in [0, 0.05) is 0 Å². The van der Waals surface area contributed by atoms with Gasteiger partial charge in [-0.3, -0.25) is 0 Å². The first kappa shape index (κ1) is 19.4. The molecule has 0 unspecified atom stereocenters. The molecule has 0 N–H and O–H groups in total. The molecule has 0 radical (unpaired) electrons. The van der Waals surface area contributed by atoms with Gasteiger partial charge in [0.25, 0.3) is 0 Å². The lowest BCUT2D eigenvalue weighted by molar-refractivity contribution is 1.46. The third-order valence-corrected chi connectivity index (χ3v) is 4.40.